The molecule has 2 aromatic heterocycles. The summed E-state index contributed by atoms with van der Waals surface area (Å²) in [5.74, 6) is 2.00. The molecule has 1 aromatic carbocycles. The molecular weight excluding hydrogens is 344 g/mol. The first kappa shape index (κ1) is 17.1. The highest BCUT2D eigenvalue weighted by molar-refractivity contribution is 7.99. The number of hydrogen-bond acceptors (Lipinski definition) is 4. The molecule has 0 aliphatic heterocycles. The van der Waals surface area contributed by atoms with E-state index in [4.69, 9.17) is 0 Å². The van der Waals surface area contributed by atoms with E-state index in [0.29, 0.717) is 11.7 Å². The van der Waals surface area contributed by atoms with Crippen molar-refractivity contribution in [3.8, 4) is 5.69 Å². The molecule has 0 unspecified atom stereocenters. The lowest BCUT2D eigenvalue weighted by Gasteiger charge is -2.09. The van der Waals surface area contributed by atoms with Crippen LogP contribution in [0.25, 0.3) is 5.69 Å². The Kier molecular flexibility index (Phi) is 4.44. The Bertz CT molecular complexity index is 954. The van der Waals surface area contributed by atoms with Crippen molar-refractivity contribution >= 4 is 17.5 Å². The van der Waals surface area contributed by atoms with Crippen LogP contribution in [0.1, 0.15) is 46.3 Å². The van der Waals surface area contributed by atoms with Gasteiger partial charge in [0.25, 0.3) is 0 Å². The third-order valence-electron chi connectivity index (χ3n) is 5.02. The molecule has 3 aromatic rings. The maximum Gasteiger partial charge on any atom is 0.196 e. The zero-order chi connectivity index (χ0) is 18.3. The monoisotopic (exact) mass is 366 g/mol. The number of aryl methyl sites for hydroxylation is 1. The van der Waals surface area contributed by atoms with E-state index in [2.05, 4.69) is 31.5 Å². The Balaban J connectivity index is 1.59. The lowest BCUT2D eigenvalue weighted by molar-refractivity contribution is 0.102. The summed E-state index contributed by atoms with van der Waals surface area (Å²) in [7, 11) is 1.99. The number of hydrogen-bond donors (Lipinski definition) is 0. The fourth-order valence-corrected chi connectivity index (χ4v) is 3.99. The van der Waals surface area contributed by atoms with Crippen molar-refractivity contribution < 1.29 is 4.79 Å². The second-order valence-electron chi connectivity index (χ2n) is 6.84. The lowest BCUT2D eigenvalue weighted by Crippen LogP contribution is -2.07. The fourth-order valence-electron chi connectivity index (χ4n) is 3.15. The summed E-state index contributed by atoms with van der Waals surface area (Å²) in [6.45, 7) is 4.01. The molecule has 1 aliphatic carbocycles. The number of benzene rings is 1. The number of carbonyl (C=O) groups is 1. The van der Waals surface area contributed by atoms with E-state index in [0.717, 1.165) is 46.5 Å². The van der Waals surface area contributed by atoms with E-state index in [1.54, 1.807) is 0 Å². The van der Waals surface area contributed by atoms with Gasteiger partial charge in [0.15, 0.2) is 10.9 Å². The van der Waals surface area contributed by atoms with Crippen LogP contribution < -0.4 is 0 Å². The van der Waals surface area contributed by atoms with Crippen molar-refractivity contribution in [3.63, 3.8) is 0 Å². The van der Waals surface area contributed by atoms with Gasteiger partial charge < -0.3 is 4.57 Å². The molecule has 134 valence electrons. The quantitative estimate of drug-likeness (QED) is 0.487. The Morgan fingerprint density at radius 2 is 1.92 bits per heavy atom. The summed E-state index contributed by atoms with van der Waals surface area (Å²) in [5.41, 5.74) is 3.96. The first-order chi connectivity index (χ1) is 12.6. The van der Waals surface area contributed by atoms with Gasteiger partial charge in [-0.1, -0.05) is 30.0 Å². The van der Waals surface area contributed by atoms with Gasteiger partial charge in [0, 0.05) is 35.6 Å². The second-order valence-corrected chi connectivity index (χ2v) is 7.78. The first-order valence-electron chi connectivity index (χ1n) is 8.86. The molecule has 26 heavy (non-hydrogen) atoms. The molecule has 6 heteroatoms. The van der Waals surface area contributed by atoms with Crippen LogP contribution in [0.15, 0.2) is 41.6 Å². The van der Waals surface area contributed by atoms with Crippen LogP contribution in [0.2, 0.25) is 0 Å². The number of Topliss-reactive ketones (excluding diaryl/α,β-unsaturated/α-hetero) is 1. The summed E-state index contributed by atoms with van der Waals surface area (Å²) < 4.78 is 4.16. The molecule has 0 amide bonds. The molecule has 0 atom stereocenters. The Morgan fingerprint density at radius 1 is 1.19 bits per heavy atom. The maximum absolute atomic E-state index is 12.7. The normalized spacial score (nSPS) is 14.0. The first-order valence-corrected chi connectivity index (χ1v) is 9.84. The van der Waals surface area contributed by atoms with Gasteiger partial charge in [-0.3, -0.25) is 9.36 Å². The summed E-state index contributed by atoms with van der Waals surface area (Å²) in [6, 6.07) is 12.1. The van der Waals surface area contributed by atoms with Crippen LogP contribution in [0.3, 0.4) is 0 Å². The van der Waals surface area contributed by atoms with Gasteiger partial charge in [-0.05, 0) is 44.9 Å². The lowest BCUT2D eigenvalue weighted by atomic mass is 10.2. The van der Waals surface area contributed by atoms with Crippen LogP contribution in [0.5, 0.6) is 0 Å². The highest BCUT2D eigenvalue weighted by Gasteiger charge is 2.31. The third kappa shape index (κ3) is 3.09. The molecule has 0 saturated heterocycles. The topological polar surface area (TPSA) is 52.7 Å². The molecule has 0 bridgehead atoms. The van der Waals surface area contributed by atoms with Crippen molar-refractivity contribution in [1.29, 1.82) is 0 Å². The predicted octanol–water partition coefficient (Wildman–Crippen LogP) is 4.08. The average molecular weight is 366 g/mol. The zero-order valence-electron chi connectivity index (χ0n) is 15.3. The standard InChI is InChI=1S/C20H22N4OS/c1-13-11-17(14(2)23(13)3)18(25)12-26-20-22-21-19(15-9-10-15)24(20)16-7-5-4-6-8-16/h4-8,11,15H,9-10,12H2,1-3H3. The molecule has 0 N–H and O–H groups in total. The van der Waals surface area contributed by atoms with Gasteiger partial charge in [0.2, 0.25) is 0 Å². The summed E-state index contributed by atoms with van der Waals surface area (Å²) in [4.78, 5) is 12.7. The van der Waals surface area contributed by atoms with E-state index in [1.807, 2.05) is 45.2 Å². The molecule has 1 saturated carbocycles. The van der Waals surface area contributed by atoms with Crippen LogP contribution in [-0.4, -0.2) is 30.9 Å². The number of thioether (sulfide) groups is 1. The zero-order valence-corrected chi connectivity index (χ0v) is 16.1. The van der Waals surface area contributed by atoms with E-state index in [1.165, 1.54) is 11.8 Å². The number of rotatable bonds is 6. The maximum atomic E-state index is 12.7. The number of ketones is 1. The highest BCUT2D eigenvalue weighted by Crippen LogP contribution is 2.41. The fraction of sp³-hybridized carbons (Fsp3) is 0.350. The average Bonchev–Trinajstić information content (AvgIpc) is 3.37. The van der Waals surface area contributed by atoms with Crippen molar-refractivity contribution in [2.45, 2.75) is 37.8 Å². The minimum absolute atomic E-state index is 0.131. The Labute approximate surface area is 157 Å². The van der Waals surface area contributed by atoms with E-state index >= 15 is 0 Å². The van der Waals surface area contributed by atoms with Gasteiger partial charge in [-0.15, -0.1) is 10.2 Å². The molecule has 1 fully saturated rings. The minimum atomic E-state index is 0.131. The van der Waals surface area contributed by atoms with Crippen molar-refractivity contribution in [2.24, 2.45) is 7.05 Å². The second kappa shape index (κ2) is 6.76. The molecular formula is C20H22N4OS. The van der Waals surface area contributed by atoms with Crippen molar-refractivity contribution in [3.05, 3.63) is 59.2 Å². The van der Waals surface area contributed by atoms with E-state index in [9.17, 15) is 4.79 Å². The number of aromatic nitrogens is 4. The van der Waals surface area contributed by atoms with E-state index < -0.39 is 0 Å². The van der Waals surface area contributed by atoms with Gasteiger partial charge in [-0.25, -0.2) is 0 Å². The summed E-state index contributed by atoms with van der Waals surface area (Å²) in [6.07, 6.45) is 2.33. The number of carbonyl (C=O) groups excluding carboxylic acids is 1. The molecule has 5 nitrogen and oxygen atoms in total. The van der Waals surface area contributed by atoms with Crippen LogP contribution in [-0.2, 0) is 7.05 Å². The number of nitrogens with zero attached hydrogens (tertiary/aromatic N) is 4. The minimum Gasteiger partial charge on any atom is -0.351 e. The van der Waals surface area contributed by atoms with Crippen LogP contribution >= 0.6 is 11.8 Å². The van der Waals surface area contributed by atoms with Gasteiger partial charge >= 0.3 is 0 Å². The van der Waals surface area contributed by atoms with Crippen molar-refractivity contribution in [1.82, 2.24) is 19.3 Å². The van der Waals surface area contributed by atoms with Crippen molar-refractivity contribution in [2.75, 3.05) is 5.75 Å². The van der Waals surface area contributed by atoms with Crippen LogP contribution in [0, 0.1) is 13.8 Å². The van der Waals surface area contributed by atoms with Crippen LogP contribution in [0.4, 0.5) is 0 Å². The smallest absolute Gasteiger partial charge is 0.196 e. The van der Waals surface area contributed by atoms with Gasteiger partial charge in [0.05, 0.1) is 5.75 Å². The molecule has 1 aliphatic rings. The Hall–Kier alpha value is -2.34. The summed E-state index contributed by atoms with van der Waals surface area (Å²) in [5, 5.41) is 9.59. The SMILES string of the molecule is Cc1cc(C(=O)CSc2nnc(C3CC3)n2-c2ccccc2)c(C)n1C. The van der Waals surface area contributed by atoms with E-state index in [-0.39, 0.29) is 5.78 Å². The third-order valence-corrected chi connectivity index (χ3v) is 5.95. The predicted molar refractivity (Wildman–Crippen MR) is 103 cm³/mol. The highest BCUT2D eigenvalue weighted by atomic mass is 32.2. The molecule has 4 rings (SSSR count). The summed E-state index contributed by atoms with van der Waals surface area (Å²) >= 11 is 1.47. The number of para-hydroxylation sites is 1. The van der Waals surface area contributed by atoms with Gasteiger partial charge in [0.1, 0.15) is 5.82 Å². The Morgan fingerprint density at radius 3 is 2.54 bits per heavy atom. The van der Waals surface area contributed by atoms with Gasteiger partial charge in [-0.2, -0.15) is 0 Å². The molecule has 2 heterocycles. The molecule has 0 radical (unpaired) electrons. The molecule has 0 spiro atoms. The largest absolute Gasteiger partial charge is 0.351 e.